The van der Waals surface area contributed by atoms with E-state index in [2.05, 4.69) is 16.7 Å². The number of anilines is 2. The maximum Gasteiger partial charge on any atom is 0.224 e. The van der Waals surface area contributed by atoms with Crippen molar-refractivity contribution in [1.29, 1.82) is 0 Å². The van der Waals surface area contributed by atoms with Gasteiger partial charge in [-0.3, -0.25) is 0 Å². The molecule has 2 aromatic heterocycles. The van der Waals surface area contributed by atoms with Crippen molar-refractivity contribution >= 4 is 33.3 Å². The number of para-hydroxylation sites is 1. The number of fused-ring (bicyclic) bond motifs is 1. The number of methoxy groups -OCH3 is 1. The molecule has 1 aliphatic rings. The number of benzene rings is 1. The van der Waals surface area contributed by atoms with E-state index in [4.69, 9.17) is 19.7 Å². The lowest BCUT2D eigenvalue weighted by Crippen LogP contribution is -2.29. The van der Waals surface area contributed by atoms with Crippen LogP contribution in [0.4, 0.5) is 11.8 Å². The molecule has 8 nitrogen and oxygen atoms in total. The molecule has 1 aromatic carbocycles. The molecular formula is C23H31N5O3S. The number of nitrogens with one attached hydrogen (secondary N) is 2. The molecule has 0 amide bonds. The zero-order chi connectivity index (χ0) is 22.5. The Hall–Kier alpha value is -2.33. The number of thiazole rings is 1. The first-order chi connectivity index (χ1) is 15.6. The van der Waals surface area contributed by atoms with E-state index in [1.807, 2.05) is 25.1 Å². The number of hydrogen-bond donors (Lipinski definition) is 4. The monoisotopic (exact) mass is 457 g/mol. The number of aryl methyl sites for hydroxylation is 1. The van der Waals surface area contributed by atoms with E-state index in [0.717, 1.165) is 52.5 Å². The first-order valence-electron chi connectivity index (χ1n) is 11.1. The Kier molecular flexibility index (Phi) is 7.51. The zero-order valence-electron chi connectivity index (χ0n) is 18.5. The van der Waals surface area contributed by atoms with Crippen molar-refractivity contribution < 1.29 is 14.9 Å². The third-order valence-corrected chi connectivity index (χ3v) is 6.92. The Labute approximate surface area is 192 Å². The molecule has 0 spiro atoms. The first-order valence-corrected chi connectivity index (χ1v) is 11.9. The van der Waals surface area contributed by atoms with Gasteiger partial charge in [-0.2, -0.15) is 4.98 Å². The minimum Gasteiger partial charge on any atom is -0.396 e. The number of ether oxygens (including phenoxy) is 1. The van der Waals surface area contributed by atoms with Gasteiger partial charge in [-0.25, -0.2) is 9.97 Å². The van der Waals surface area contributed by atoms with Gasteiger partial charge in [-0.05, 0) is 50.7 Å². The van der Waals surface area contributed by atoms with Gasteiger partial charge in [0, 0.05) is 26.9 Å². The lowest BCUT2D eigenvalue weighted by atomic mass is 10.1. The zero-order valence-corrected chi connectivity index (χ0v) is 19.4. The molecule has 0 aliphatic heterocycles. The lowest BCUT2D eigenvalue weighted by Gasteiger charge is -2.20. The van der Waals surface area contributed by atoms with E-state index in [9.17, 15) is 10.2 Å². The molecule has 0 saturated heterocycles. The fraction of sp³-hybridized carbons (Fsp3) is 0.522. The Bertz CT molecular complexity index is 1010. The van der Waals surface area contributed by atoms with Gasteiger partial charge in [0.2, 0.25) is 5.95 Å². The second-order valence-corrected chi connectivity index (χ2v) is 9.34. The maximum atomic E-state index is 10.5. The van der Waals surface area contributed by atoms with Crippen molar-refractivity contribution in [3.63, 3.8) is 0 Å². The molecule has 2 heterocycles. The van der Waals surface area contributed by atoms with Crippen molar-refractivity contribution in [3.8, 4) is 10.6 Å². The molecular weight excluding hydrogens is 426 g/mol. The minimum atomic E-state index is -0.531. The number of aliphatic hydroxyl groups excluding tert-OH is 2. The largest absolute Gasteiger partial charge is 0.396 e. The van der Waals surface area contributed by atoms with Gasteiger partial charge in [-0.15, -0.1) is 11.3 Å². The summed E-state index contributed by atoms with van der Waals surface area (Å²) in [5.74, 6) is 1.31. The summed E-state index contributed by atoms with van der Waals surface area (Å²) in [5.41, 5.74) is 2.63. The van der Waals surface area contributed by atoms with Crippen LogP contribution >= 0.6 is 11.3 Å². The number of aliphatic hydroxyl groups is 2. The van der Waals surface area contributed by atoms with Crippen molar-refractivity contribution in [2.24, 2.45) is 5.92 Å². The van der Waals surface area contributed by atoms with Crippen molar-refractivity contribution in [2.75, 3.05) is 37.5 Å². The molecule has 1 aliphatic carbocycles. The summed E-state index contributed by atoms with van der Waals surface area (Å²) in [4.78, 5) is 14.3. The Morgan fingerprint density at radius 2 is 2.00 bits per heavy atom. The molecule has 3 aromatic rings. The van der Waals surface area contributed by atoms with Gasteiger partial charge in [0.1, 0.15) is 10.8 Å². The highest BCUT2D eigenvalue weighted by atomic mass is 32.1. The van der Waals surface area contributed by atoms with Crippen LogP contribution in [-0.2, 0) is 4.74 Å². The van der Waals surface area contributed by atoms with Crippen LogP contribution in [0.5, 0.6) is 0 Å². The van der Waals surface area contributed by atoms with Crippen LogP contribution in [0.1, 0.15) is 31.4 Å². The molecule has 32 heavy (non-hydrogen) atoms. The average Bonchev–Trinajstić information content (AvgIpc) is 3.36. The normalized spacial score (nSPS) is 20.7. The van der Waals surface area contributed by atoms with E-state index in [-0.39, 0.29) is 18.6 Å². The quantitative estimate of drug-likeness (QED) is 0.343. The van der Waals surface area contributed by atoms with E-state index in [1.54, 1.807) is 18.4 Å². The third-order valence-electron chi connectivity index (χ3n) is 5.86. The SMILES string of the molecule is COCCCCNc1nc(C)c(-c2nc3ccccc3s2)c(N[C@@H]2C[C@H](CO)C[C@H]2O)n1. The molecule has 0 bridgehead atoms. The molecule has 1 fully saturated rings. The summed E-state index contributed by atoms with van der Waals surface area (Å²) >= 11 is 1.61. The van der Waals surface area contributed by atoms with Crippen LogP contribution in [0.25, 0.3) is 20.8 Å². The van der Waals surface area contributed by atoms with Crippen LogP contribution in [0.15, 0.2) is 24.3 Å². The van der Waals surface area contributed by atoms with Gasteiger partial charge in [0.25, 0.3) is 0 Å². The minimum absolute atomic E-state index is 0.0804. The van der Waals surface area contributed by atoms with Gasteiger partial charge in [0.05, 0.1) is 33.6 Å². The summed E-state index contributed by atoms with van der Waals surface area (Å²) < 4.78 is 6.21. The summed E-state index contributed by atoms with van der Waals surface area (Å²) in [5, 5.41) is 27.7. The lowest BCUT2D eigenvalue weighted by molar-refractivity contribution is 0.157. The summed E-state index contributed by atoms with van der Waals surface area (Å²) in [7, 11) is 1.71. The van der Waals surface area contributed by atoms with Crippen LogP contribution in [0.2, 0.25) is 0 Å². The van der Waals surface area contributed by atoms with Crippen LogP contribution in [0.3, 0.4) is 0 Å². The standard InChI is InChI=1S/C23H31N5O3S/c1-14-20(22-27-16-7-3-4-8-19(16)32-22)21(26-17-11-15(13-29)12-18(17)30)28-23(25-14)24-9-5-6-10-31-2/h3-4,7-8,15,17-18,29-30H,5-6,9-13H2,1-2H3,(H2,24,25,26,28)/t15-,17+,18+/m0/s1. The Balaban J connectivity index is 1.64. The molecule has 0 unspecified atom stereocenters. The smallest absolute Gasteiger partial charge is 0.224 e. The van der Waals surface area contributed by atoms with Crippen molar-refractivity contribution in [3.05, 3.63) is 30.0 Å². The van der Waals surface area contributed by atoms with Crippen LogP contribution in [0, 0.1) is 12.8 Å². The van der Waals surface area contributed by atoms with Crippen LogP contribution < -0.4 is 10.6 Å². The van der Waals surface area contributed by atoms with E-state index in [1.165, 1.54) is 0 Å². The predicted octanol–water partition coefficient (Wildman–Crippen LogP) is 3.44. The Morgan fingerprint density at radius 3 is 2.75 bits per heavy atom. The molecule has 9 heteroatoms. The molecule has 0 radical (unpaired) electrons. The maximum absolute atomic E-state index is 10.5. The predicted molar refractivity (Wildman–Crippen MR) is 128 cm³/mol. The third kappa shape index (κ3) is 5.17. The number of unbranched alkanes of at least 4 members (excludes halogenated alkanes) is 1. The van der Waals surface area contributed by atoms with Gasteiger partial charge >= 0.3 is 0 Å². The number of hydrogen-bond acceptors (Lipinski definition) is 9. The van der Waals surface area contributed by atoms with Crippen molar-refractivity contribution in [1.82, 2.24) is 15.0 Å². The fourth-order valence-electron chi connectivity index (χ4n) is 4.16. The number of aromatic nitrogens is 3. The van der Waals surface area contributed by atoms with Gasteiger partial charge < -0.3 is 25.6 Å². The second kappa shape index (κ2) is 10.5. The van der Waals surface area contributed by atoms with Gasteiger partial charge in [-0.1, -0.05) is 12.1 Å². The summed E-state index contributed by atoms with van der Waals surface area (Å²) in [6.45, 7) is 3.53. The Morgan fingerprint density at radius 1 is 1.16 bits per heavy atom. The molecule has 1 saturated carbocycles. The second-order valence-electron chi connectivity index (χ2n) is 8.31. The van der Waals surface area contributed by atoms with Crippen LogP contribution in [-0.4, -0.2) is 64.2 Å². The molecule has 4 N–H and O–H groups in total. The van der Waals surface area contributed by atoms with Crippen molar-refractivity contribution in [2.45, 2.75) is 44.8 Å². The topological polar surface area (TPSA) is 112 Å². The highest BCUT2D eigenvalue weighted by Gasteiger charge is 2.33. The molecule has 172 valence electrons. The fourth-order valence-corrected chi connectivity index (χ4v) is 5.22. The first kappa shape index (κ1) is 22.8. The highest BCUT2D eigenvalue weighted by molar-refractivity contribution is 7.21. The van der Waals surface area contributed by atoms with E-state index < -0.39 is 6.10 Å². The van der Waals surface area contributed by atoms with E-state index in [0.29, 0.717) is 24.6 Å². The summed E-state index contributed by atoms with van der Waals surface area (Å²) in [6.07, 6.45) is 2.67. The number of nitrogens with zero attached hydrogens (tertiary/aromatic N) is 3. The highest BCUT2D eigenvalue weighted by Crippen LogP contribution is 2.37. The average molecular weight is 458 g/mol. The summed E-state index contributed by atoms with van der Waals surface area (Å²) in [6, 6.07) is 7.87. The molecule has 3 atom stereocenters. The number of rotatable bonds is 10. The van der Waals surface area contributed by atoms with E-state index >= 15 is 0 Å². The van der Waals surface area contributed by atoms with Gasteiger partial charge in [0.15, 0.2) is 0 Å². The molecule has 4 rings (SSSR count).